The number of aryl methyl sites for hydroxylation is 3. The molecule has 43 heavy (non-hydrogen) atoms. The molecule has 1 unspecified atom stereocenters. The zero-order valence-corrected chi connectivity index (χ0v) is 26.7. The first-order chi connectivity index (χ1) is 20.6. The molecule has 1 aliphatic rings. The summed E-state index contributed by atoms with van der Waals surface area (Å²) in [6.07, 6.45) is 6.21. The molecule has 0 heterocycles. The molecule has 1 fully saturated rings. The van der Waals surface area contributed by atoms with Crippen LogP contribution in [0.5, 0.6) is 0 Å². The molecule has 0 bridgehead atoms. The van der Waals surface area contributed by atoms with Crippen LogP contribution in [0, 0.1) is 13.8 Å². The summed E-state index contributed by atoms with van der Waals surface area (Å²) in [6, 6.07) is 21.1. The summed E-state index contributed by atoms with van der Waals surface area (Å²) in [5.41, 5.74) is 4.15. The van der Waals surface area contributed by atoms with Crippen LogP contribution in [0.15, 0.2) is 77.7 Å². The Kier molecular flexibility index (Phi) is 11.0. The van der Waals surface area contributed by atoms with Gasteiger partial charge in [0.15, 0.2) is 0 Å². The number of anilines is 1. The number of carbonyl (C=O) groups excluding carboxylic acids is 2. The molecule has 0 aromatic heterocycles. The number of hydrogen-bond donors (Lipinski definition) is 1. The van der Waals surface area contributed by atoms with Crippen LogP contribution in [-0.2, 0) is 32.6 Å². The standard InChI is InChI=1S/C35H45N3O4S/c1-5-28-15-12-13-19-33(28)38(43(41,42)31-22-20-26(3)21-23-31)25-34(39)37(24-29-16-11-10-14-27(29)4)32(6-2)35(40)36-30-17-8-7-9-18-30/h10-16,19-23,30,32H,5-9,17-18,24-25H2,1-4H3,(H,36,40). The van der Waals surface area contributed by atoms with Gasteiger partial charge in [-0.05, 0) is 74.4 Å². The van der Waals surface area contributed by atoms with E-state index in [1.807, 2.05) is 64.1 Å². The van der Waals surface area contributed by atoms with Crippen molar-refractivity contribution in [1.29, 1.82) is 0 Å². The van der Waals surface area contributed by atoms with E-state index in [9.17, 15) is 18.0 Å². The molecule has 2 amide bonds. The highest BCUT2D eigenvalue weighted by Gasteiger charge is 2.35. The first kappa shape index (κ1) is 32.3. The zero-order chi connectivity index (χ0) is 31.0. The van der Waals surface area contributed by atoms with Gasteiger partial charge in [-0.1, -0.05) is 93.3 Å². The number of hydrogen-bond acceptors (Lipinski definition) is 4. The van der Waals surface area contributed by atoms with Gasteiger partial charge in [-0.15, -0.1) is 0 Å². The Labute approximate surface area is 257 Å². The summed E-state index contributed by atoms with van der Waals surface area (Å²) in [7, 11) is -4.10. The van der Waals surface area contributed by atoms with E-state index in [4.69, 9.17) is 0 Å². The average molecular weight is 604 g/mol. The minimum atomic E-state index is -4.10. The van der Waals surface area contributed by atoms with Gasteiger partial charge < -0.3 is 10.2 Å². The molecule has 4 rings (SSSR count). The van der Waals surface area contributed by atoms with Gasteiger partial charge >= 0.3 is 0 Å². The van der Waals surface area contributed by atoms with E-state index in [1.54, 1.807) is 41.3 Å². The van der Waals surface area contributed by atoms with Gasteiger partial charge in [-0.25, -0.2) is 8.42 Å². The maximum Gasteiger partial charge on any atom is 0.264 e. The summed E-state index contributed by atoms with van der Waals surface area (Å²) >= 11 is 0. The Bertz CT molecular complexity index is 1500. The fourth-order valence-electron chi connectivity index (χ4n) is 5.84. The quantitative estimate of drug-likeness (QED) is 0.263. The van der Waals surface area contributed by atoms with Crippen molar-refractivity contribution in [1.82, 2.24) is 10.2 Å². The Balaban J connectivity index is 1.74. The van der Waals surface area contributed by atoms with Crippen LogP contribution in [-0.4, -0.2) is 43.8 Å². The lowest BCUT2D eigenvalue weighted by Gasteiger charge is -2.35. The minimum Gasteiger partial charge on any atom is -0.352 e. The number of carbonyl (C=O) groups is 2. The number of rotatable bonds is 12. The van der Waals surface area contributed by atoms with E-state index < -0.39 is 28.5 Å². The van der Waals surface area contributed by atoms with Crippen molar-refractivity contribution in [3.8, 4) is 0 Å². The topological polar surface area (TPSA) is 86.8 Å². The molecular formula is C35H45N3O4S. The SMILES string of the molecule is CCc1ccccc1N(CC(=O)N(Cc1ccccc1C)C(CC)C(=O)NC1CCCCC1)S(=O)(=O)c1ccc(C)cc1. The molecule has 0 aliphatic heterocycles. The Morgan fingerprint density at radius 3 is 2.12 bits per heavy atom. The second-order valence-corrected chi connectivity index (χ2v) is 13.4. The normalized spacial score (nSPS) is 14.6. The van der Waals surface area contributed by atoms with Crippen LogP contribution in [0.3, 0.4) is 0 Å². The third-order valence-electron chi connectivity index (χ3n) is 8.47. The van der Waals surface area contributed by atoms with Crippen LogP contribution >= 0.6 is 0 Å². The molecule has 3 aromatic carbocycles. The van der Waals surface area contributed by atoms with Crippen molar-refractivity contribution >= 4 is 27.5 Å². The summed E-state index contributed by atoms with van der Waals surface area (Å²) in [4.78, 5) is 29.8. The summed E-state index contributed by atoms with van der Waals surface area (Å²) in [5.74, 6) is -0.603. The largest absolute Gasteiger partial charge is 0.352 e. The number of sulfonamides is 1. The molecule has 0 saturated heterocycles. The van der Waals surface area contributed by atoms with Crippen LogP contribution < -0.4 is 9.62 Å². The average Bonchev–Trinajstić information content (AvgIpc) is 3.01. The lowest BCUT2D eigenvalue weighted by molar-refractivity contribution is -0.140. The molecule has 0 spiro atoms. The Morgan fingerprint density at radius 1 is 0.860 bits per heavy atom. The van der Waals surface area contributed by atoms with Crippen molar-refractivity contribution in [2.75, 3.05) is 10.8 Å². The lowest BCUT2D eigenvalue weighted by Crippen LogP contribution is -2.54. The van der Waals surface area contributed by atoms with Crippen molar-refractivity contribution in [2.24, 2.45) is 0 Å². The number of amides is 2. The molecule has 230 valence electrons. The van der Waals surface area contributed by atoms with Crippen molar-refractivity contribution < 1.29 is 18.0 Å². The molecular weight excluding hydrogens is 558 g/mol. The Hall–Kier alpha value is -3.65. The number of nitrogens with zero attached hydrogens (tertiary/aromatic N) is 2. The third kappa shape index (κ3) is 7.85. The van der Waals surface area contributed by atoms with Gasteiger partial charge in [-0.3, -0.25) is 13.9 Å². The number of benzene rings is 3. The summed E-state index contributed by atoms with van der Waals surface area (Å²) in [6.45, 7) is 7.52. The van der Waals surface area contributed by atoms with Crippen LogP contribution in [0.25, 0.3) is 0 Å². The van der Waals surface area contributed by atoms with Gasteiger partial charge in [0.25, 0.3) is 10.0 Å². The van der Waals surface area contributed by atoms with Crippen molar-refractivity contribution in [3.63, 3.8) is 0 Å². The lowest BCUT2D eigenvalue weighted by atomic mass is 9.95. The van der Waals surface area contributed by atoms with Gasteiger partial charge in [0.05, 0.1) is 10.6 Å². The van der Waals surface area contributed by atoms with Crippen LogP contribution in [0.1, 0.15) is 74.6 Å². The first-order valence-electron chi connectivity index (χ1n) is 15.5. The molecule has 1 saturated carbocycles. The molecule has 7 nitrogen and oxygen atoms in total. The summed E-state index contributed by atoms with van der Waals surface area (Å²) in [5, 5.41) is 3.21. The molecule has 1 atom stereocenters. The third-order valence-corrected chi connectivity index (χ3v) is 10.2. The second kappa shape index (κ2) is 14.7. The highest BCUT2D eigenvalue weighted by atomic mass is 32.2. The van der Waals surface area contributed by atoms with Gasteiger partial charge in [0.2, 0.25) is 11.8 Å². The molecule has 0 radical (unpaired) electrons. The maximum atomic E-state index is 14.4. The monoisotopic (exact) mass is 603 g/mol. The van der Waals surface area contributed by atoms with Gasteiger partial charge in [0.1, 0.15) is 12.6 Å². The van der Waals surface area contributed by atoms with E-state index in [2.05, 4.69) is 5.32 Å². The second-order valence-electron chi connectivity index (χ2n) is 11.5. The first-order valence-corrected chi connectivity index (χ1v) is 16.9. The predicted molar refractivity (Wildman–Crippen MR) is 172 cm³/mol. The molecule has 1 N–H and O–H groups in total. The van der Waals surface area contributed by atoms with Crippen molar-refractivity contribution in [2.45, 2.75) is 96.2 Å². The predicted octanol–water partition coefficient (Wildman–Crippen LogP) is 6.32. The minimum absolute atomic E-state index is 0.0977. The van der Waals surface area contributed by atoms with Crippen molar-refractivity contribution in [3.05, 3.63) is 95.1 Å². The summed E-state index contributed by atoms with van der Waals surface area (Å²) < 4.78 is 29.6. The van der Waals surface area contributed by atoms with Crippen LogP contribution in [0.4, 0.5) is 5.69 Å². The van der Waals surface area contributed by atoms with Gasteiger partial charge in [0, 0.05) is 12.6 Å². The molecule has 1 aliphatic carbocycles. The smallest absolute Gasteiger partial charge is 0.264 e. The fourth-order valence-corrected chi connectivity index (χ4v) is 7.29. The van der Waals surface area contributed by atoms with Gasteiger partial charge in [-0.2, -0.15) is 0 Å². The van der Waals surface area contributed by atoms with E-state index in [-0.39, 0.29) is 23.4 Å². The highest BCUT2D eigenvalue weighted by Crippen LogP contribution is 2.29. The zero-order valence-electron chi connectivity index (χ0n) is 25.9. The fraction of sp³-hybridized carbons (Fsp3) is 0.429. The molecule has 3 aromatic rings. The highest BCUT2D eigenvalue weighted by molar-refractivity contribution is 7.92. The number of nitrogens with one attached hydrogen (secondary N) is 1. The van der Waals surface area contributed by atoms with E-state index >= 15 is 0 Å². The van der Waals surface area contributed by atoms with E-state index in [1.165, 1.54) is 10.7 Å². The maximum absolute atomic E-state index is 14.4. The van der Waals surface area contributed by atoms with E-state index in [0.29, 0.717) is 18.5 Å². The molecule has 8 heteroatoms. The van der Waals surface area contributed by atoms with E-state index in [0.717, 1.165) is 47.9 Å². The Morgan fingerprint density at radius 2 is 1.49 bits per heavy atom. The van der Waals surface area contributed by atoms with Crippen LogP contribution in [0.2, 0.25) is 0 Å². The number of para-hydroxylation sites is 1.